The Bertz CT molecular complexity index is 332. The Kier molecular flexibility index (Phi) is 2.73. The zero-order valence-corrected chi connectivity index (χ0v) is 9.38. The first kappa shape index (κ1) is 9.91. The molecule has 1 fully saturated rings. The van der Waals surface area contributed by atoms with Crippen molar-refractivity contribution in [2.24, 2.45) is 5.92 Å². The Labute approximate surface area is 89.7 Å². The van der Waals surface area contributed by atoms with Gasteiger partial charge in [-0.3, -0.25) is 0 Å². The van der Waals surface area contributed by atoms with Crippen molar-refractivity contribution in [1.29, 1.82) is 0 Å². The van der Waals surface area contributed by atoms with E-state index in [1.54, 1.807) is 0 Å². The fourth-order valence-electron chi connectivity index (χ4n) is 1.45. The first-order valence-corrected chi connectivity index (χ1v) is 5.56. The van der Waals surface area contributed by atoms with Gasteiger partial charge in [-0.1, -0.05) is 25.4 Å². The molecule has 3 heteroatoms. The van der Waals surface area contributed by atoms with E-state index in [0.717, 1.165) is 23.9 Å². The molecule has 2 rings (SSSR count). The molecule has 14 heavy (non-hydrogen) atoms. The topological polar surface area (TPSA) is 25.8 Å². The van der Waals surface area contributed by atoms with Crippen LogP contribution in [0.15, 0.2) is 6.07 Å². The molecule has 2 nitrogen and oxygen atoms in total. The van der Waals surface area contributed by atoms with Crippen molar-refractivity contribution in [2.45, 2.75) is 39.0 Å². The average molecular weight is 211 g/mol. The van der Waals surface area contributed by atoms with Crippen LogP contribution in [0.4, 0.5) is 0 Å². The van der Waals surface area contributed by atoms with Gasteiger partial charge in [0.1, 0.15) is 11.0 Å². The second kappa shape index (κ2) is 3.85. The molecule has 0 amide bonds. The Morgan fingerprint density at radius 1 is 1.43 bits per heavy atom. The summed E-state index contributed by atoms with van der Waals surface area (Å²) in [7, 11) is 0. The van der Waals surface area contributed by atoms with Gasteiger partial charge in [0.25, 0.3) is 0 Å². The first-order chi connectivity index (χ1) is 6.65. The van der Waals surface area contributed by atoms with E-state index in [1.165, 1.54) is 12.8 Å². The SMILES string of the molecule is CC(C)c1cc(Cl)nc(CC2CC2)n1. The summed E-state index contributed by atoms with van der Waals surface area (Å²) in [6.45, 7) is 4.25. The lowest BCUT2D eigenvalue weighted by Gasteiger charge is -2.06. The lowest BCUT2D eigenvalue weighted by molar-refractivity contribution is 0.733. The van der Waals surface area contributed by atoms with E-state index in [4.69, 9.17) is 11.6 Å². The van der Waals surface area contributed by atoms with E-state index in [-0.39, 0.29) is 0 Å². The van der Waals surface area contributed by atoms with Crippen LogP contribution in [0, 0.1) is 5.92 Å². The number of hydrogen-bond donors (Lipinski definition) is 0. The van der Waals surface area contributed by atoms with Crippen LogP contribution < -0.4 is 0 Å². The van der Waals surface area contributed by atoms with E-state index in [2.05, 4.69) is 23.8 Å². The van der Waals surface area contributed by atoms with Crippen molar-refractivity contribution in [3.63, 3.8) is 0 Å². The molecule has 1 aromatic rings. The molecule has 76 valence electrons. The highest BCUT2D eigenvalue weighted by atomic mass is 35.5. The van der Waals surface area contributed by atoms with E-state index in [1.807, 2.05) is 6.07 Å². The van der Waals surface area contributed by atoms with Crippen molar-refractivity contribution in [1.82, 2.24) is 9.97 Å². The third kappa shape index (κ3) is 2.44. The van der Waals surface area contributed by atoms with Crippen LogP contribution >= 0.6 is 11.6 Å². The van der Waals surface area contributed by atoms with Crippen LogP contribution in [-0.2, 0) is 6.42 Å². The molecule has 1 aromatic heterocycles. The minimum atomic E-state index is 0.424. The molecule has 1 aliphatic rings. The van der Waals surface area contributed by atoms with Gasteiger partial charge < -0.3 is 0 Å². The average Bonchev–Trinajstić information content (AvgIpc) is 2.87. The molecule has 1 saturated carbocycles. The molecule has 0 saturated heterocycles. The van der Waals surface area contributed by atoms with Gasteiger partial charge in [0.05, 0.1) is 0 Å². The summed E-state index contributed by atoms with van der Waals surface area (Å²) in [6, 6.07) is 1.86. The second-order valence-corrected chi connectivity index (χ2v) is 4.72. The van der Waals surface area contributed by atoms with Crippen LogP contribution in [0.3, 0.4) is 0 Å². The number of nitrogens with zero attached hydrogens (tertiary/aromatic N) is 2. The molecule has 0 aliphatic heterocycles. The van der Waals surface area contributed by atoms with Crippen LogP contribution in [0.25, 0.3) is 0 Å². The summed E-state index contributed by atoms with van der Waals surface area (Å²) in [6.07, 6.45) is 3.65. The van der Waals surface area contributed by atoms with Crippen molar-refractivity contribution in [3.05, 3.63) is 22.7 Å². The smallest absolute Gasteiger partial charge is 0.133 e. The van der Waals surface area contributed by atoms with Gasteiger partial charge in [0.15, 0.2) is 0 Å². The number of aromatic nitrogens is 2. The standard InChI is InChI=1S/C11H15ClN2/c1-7(2)9-6-10(12)14-11(13-9)5-8-3-4-8/h6-8H,3-5H2,1-2H3. The number of hydrogen-bond acceptors (Lipinski definition) is 2. The third-order valence-electron chi connectivity index (χ3n) is 2.52. The summed E-state index contributed by atoms with van der Waals surface area (Å²) in [5, 5.41) is 0.583. The summed E-state index contributed by atoms with van der Waals surface area (Å²) in [4.78, 5) is 8.77. The van der Waals surface area contributed by atoms with Crippen LogP contribution in [-0.4, -0.2) is 9.97 Å². The lowest BCUT2D eigenvalue weighted by atomic mass is 10.1. The van der Waals surface area contributed by atoms with E-state index < -0.39 is 0 Å². The molecule has 0 aromatic carbocycles. The van der Waals surface area contributed by atoms with Gasteiger partial charge in [0.2, 0.25) is 0 Å². The Hall–Kier alpha value is -0.630. The third-order valence-corrected chi connectivity index (χ3v) is 2.71. The van der Waals surface area contributed by atoms with E-state index >= 15 is 0 Å². The summed E-state index contributed by atoms with van der Waals surface area (Å²) in [5.41, 5.74) is 1.06. The molecular formula is C11H15ClN2. The molecule has 0 radical (unpaired) electrons. The zero-order valence-electron chi connectivity index (χ0n) is 8.63. The quantitative estimate of drug-likeness (QED) is 0.716. The largest absolute Gasteiger partial charge is 0.238 e. The zero-order chi connectivity index (χ0) is 10.1. The number of halogens is 1. The predicted octanol–water partition coefficient (Wildman–Crippen LogP) is 3.21. The van der Waals surface area contributed by atoms with Crippen molar-refractivity contribution < 1.29 is 0 Å². The molecule has 0 bridgehead atoms. The van der Waals surface area contributed by atoms with Crippen molar-refractivity contribution in [3.8, 4) is 0 Å². The predicted molar refractivity (Wildman–Crippen MR) is 57.6 cm³/mol. The highest BCUT2D eigenvalue weighted by molar-refractivity contribution is 6.29. The minimum Gasteiger partial charge on any atom is -0.238 e. The van der Waals surface area contributed by atoms with Gasteiger partial charge >= 0.3 is 0 Å². The normalized spacial score (nSPS) is 16.3. The maximum atomic E-state index is 5.95. The van der Waals surface area contributed by atoms with Crippen molar-refractivity contribution >= 4 is 11.6 Å². The van der Waals surface area contributed by atoms with Crippen LogP contribution in [0.2, 0.25) is 5.15 Å². The summed E-state index contributed by atoms with van der Waals surface area (Å²) in [5.74, 6) is 2.16. The van der Waals surface area contributed by atoms with E-state index in [9.17, 15) is 0 Å². The molecule has 1 aliphatic carbocycles. The maximum Gasteiger partial charge on any atom is 0.133 e. The van der Waals surface area contributed by atoms with Gasteiger partial charge in [-0.05, 0) is 30.7 Å². The summed E-state index contributed by atoms with van der Waals surface area (Å²) >= 11 is 5.95. The van der Waals surface area contributed by atoms with Crippen molar-refractivity contribution in [2.75, 3.05) is 0 Å². The Morgan fingerprint density at radius 3 is 2.71 bits per heavy atom. The monoisotopic (exact) mass is 210 g/mol. The Morgan fingerprint density at radius 2 is 2.14 bits per heavy atom. The van der Waals surface area contributed by atoms with Gasteiger partial charge in [-0.15, -0.1) is 0 Å². The van der Waals surface area contributed by atoms with Crippen LogP contribution in [0.1, 0.15) is 44.1 Å². The first-order valence-electron chi connectivity index (χ1n) is 5.18. The van der Waals surface area contributed by atoms with Gasteiger partial charge in [-0.25, -0.2) is 9.97 Å². The lowest BCUT2D eigenvalue weighted by Crippen LogP contribution is -2.02. The Balaban J connectivity index is 2.21. The maximum absolute atomic E-state index is 5.95. The molecule has 0 unspecified atom stereocenters. The molecule has 0 N–H and O–H groups in total. The molecule has 1 heterocycles. The fraction of sp³-hybridized carbons (Fsp3) is 0.636. The van der Waals surface area contributed by atoms with Crippen LogP contribution in [0.5, 0.6) is 0 Å². The molecule has 0 atom stereocenters. The van der Waals surface area contributed by atoms with Gasteiger partial charge in [0, 0.05) is 12.1 Å². The second-order valence-electron chi connectivity index (χ2n) is 4.33. The highest BCUT2D eigenvalue weighted by Crippen LogP contribution is 2.32. The summed E-state index contributed by atoms with van der Waals surface area (Å²) < 4.78 is 0. The minimum absolute atomic E-state index is 0.424. The fourth-order valence-corrected chi connectivity index (χ4v) is 1.66. The highest BCUT2D eigenvalue weighted by Gasteiger charge is 2.23. The molecular weight excluding hydrogens is 196 g/mol. The van der Waals surface area contributed by atoms with E-state index in [0.29, 0.717) is 11.1 Å². The number of rotatable bonds is 3. The molecule has 0 spiro atoms. The van der Waals surface area contributed by atoms with Gasteiger partial charge in [-0.2, -0.15) is 0 Å².